The number of aromatic nitrogens is 3. The first-order valence-electron chi connectivity index (χ1n) is 6.97. The van der Waals surface area contributed by atoms with Crippen LogP contribution in [-0.4, -0.2) is 28.8 Å². The normalized spacial score (nSPS) is 10.6. The van der Waals surface area contributed by atoms with Crippen LogP contribution in [0.3, 0.4) is 0 Å². The van der Waals surface area contributed by atoms with Crippen LogP contribution in [-0.2, 0) is 0 Å². The van der Waals surface area contributed by atoms with E-state index in [-0.39, 0.29) is 0 Å². The van der Waals surface area contributed by atoms with Crippen molar-refractivity contribution in [1.29, 1.82) is 0 Å². The van der Waals surface area contributed by atoms with Gasteiger partial charge in [-0.15, -0.1) is 0 Å². The second-order valence-electron chi connectivity index (χ2n) is 4.58. The zero-order valence-corrected chi connectivity index (χ0v) is 14.2. The average molecular weight is 376 g/mol. The Kier molecular flexibility index (Phi) is 4.57. The third-order valence-electron chi connectivity index (χ3n) is 3.13. The molecule has 0 unspecified atom stereocenters. The van der Waals surface area contributed by atoms with E-state index in [0.29, 0.717) is 29.8 Å². The third kappa shape index (κ3) is 3.19. The molecule has 6 nitrogen and oxygen atoms in total. The summed E-state index contributed by atoms with van der Waals surface area (Å²) >= 11 is 3.49. The molecule has 7 heteroatoms. The zero-order valence-electron chi connectivity index (χ0n) is 12.6. The molecular formula is C16H14BrN3O3. The quantitative estimate of drug-likeness (QED) is 0.671. The first-order chi connectivity index (χ1) is 11.2. The van der Waals surface area contributed by atoms with Gasteiger partial charge in [0.25, 0.3) is 5.89 Å². The highest BCUT2D eigenvalue weighted by atomic mass is 79.9. The number of hydrogen-bond donors (Lipinski definition) is 0. The third-order valence-corrected chi connectivity index (χ3v) is 3.72. The largest absolute Gasteiger partial charge is 0.493 e. The molecule has 2 aromatic heterocycles. The van der Waals surface area contributed by atoms with E-state index < -0.39 is 0 Å². The molecule has 3 aromatic rings. The van der Waals surface area contributed by atoms with Gasteiger partial charge in [0.2, 0.25) is 5.82 Å². The smallest absolute Gasteiger partial charge is 0.258 e. The van der Waals surface area contributed by atoms with Crippen molar-refractivity contribution < 1.29 is 14.0 Å². The summed E-state index contributed by atoms with van der Waals surface area (Å²) in [6, 6.07) is 7.31. The maximum Gasteiger partial charge on any atom is 0.258 e. The highest BCUT2D eigenvalue weighted by Crippen LogP contribution is 2.39. The first-order valence-corrected chi connectivity index (χ1v) is 7.77. The summed E-state index contributed by atoms with van der Waals surface area (Å²) in [4.78, 5) is 8.39. The fourth-order valence-corrected chi connectivity index (χ4v) is 2.64. The molecule has 0 spiro atoms. The molecule has 0 saturated carbocycles. The van der Waals surface area contributed by atoms with Crippen LogP contribution in [0.2, 0.25) is 0 Å². The predicted molar refractivity (Wildman–Crippen MR) is 88.4 cm³/mol. The predicted octanol–water partition coefficient (Wildman–Crippen LogP) is 3.97. The molecule has 2 heterocycles. The van der Waals surface area contributed by atoms with Gasteiger partial charge in [0, 0.05) is 23.5 Å². The van der Waals surface area contributed by atoms with Crippen molar-refractivity contribution in [1.82, 2.24) is 15.1 Å². The van der Waals surface area contributed by atoms with Gasteiger partial charge < -0.3 is 14.0 Å². The van der Waals surface area contributed by atoms with E-state index in [4.69, 9.17) is 14.0 Å². The summed E-state index contributed by atoms with van der Waals surface area (Å²) in [6.45, 7) is 2.46. The highest BCUT2D eigenvalue weighted by Gasteiger charge is 2.16. The Morgan fingerprint density at radius 3 is 2.65 bits per heavy atom. The van der Waals surface area contributed by atoms with Gasteiger partial charge in [0.1, 0.15) is 0 Å². The molecule has 0 atom stereocenters. The van der Waals surface area contributed by atoms with Crippen molar-refractivity contribution in [3.05, 3.63) is 41.1 Å². The van der Waals surface area contributed by atoms with Crippen molar-refractivity contribution in [3.63, 3.8) is 0 Å². The van der Waals surface area contributed by atoms with Gasteiger partial charge in [-0.2, -0.15) is 4.98 Å². The number of rotatable bonds is 5. The van der Waals surface area contributed by atoms with Gasteiger partial charge >= 0.3 is 0 Å². The lowest BCUT2D eigenvalue weighted by Crippen LogP contribution is -1.97. The van der Waals surface area contributed by atoms with Gasteiger partial charge in [-0.05, 0) is 47.1 Å². The Labute approximate surface area is 141 Å². The molecule has 1 aromatic carbocycles. The lowest BCUT2D eigenvalue weighted by Gasteiger charge is -2.12. The standard InChI is InChI=1S/C16H14BrN3O3/c1-3-22-14-12(17)8-11(9-13(14)21-2)15-19-16(23-20-15)10-4-6-18-7-5-10/h4-9H,3H2,1-2H3. The highest BCUT2D eigenvalue weighted by molar-refractivity contribution is 9.10. The molecule has 0 fully saturated rings. The second-order valence-corrected chi connectivity index (χ2v) is 5.44. The maximum atomic E-state index is 5.58. The molecule has 0 bridgehead atoms. The number of nitrogens with zero attached hydrogens (tertiary/aromatic N) is 3. The Hall–Kier alpha value is -2.41. The van der Waals surface area contributed by atoms with E-state index in [2.05, 4.69) is 31.1 Å². The lowest BCUT2D eigenvalue weighted by atomic mass is 10.2. The van der Waals surface area contributed by atoms with E-state index >= 15 is 0 Å². The van der Waals surface area contributed by atoms with E-state index in [9.17, 15) is 0 Å². The Morgan fingerprint density at radius 2 is 1.96 bits per heavy atom. The number of halogens is 1. The van der Waals surface area contributed by atoms with E-state index in [0.717, 1.165) is 15.6 Å². The molecule has 0 amide bonds. The monoisotopic (exact) mass is 375 g/mol. The summed E-state index contributed by atoms with van der Waals surface area (Å²) in [5.41, 5.74) is 1.58. The van der Waals surface area contributed by atoms with E-state index in [1.165, 1.54) is 0 Å². The molecule has 118 valence electrons. The van der Waals surface area contributed by atoms with Gasteiger partial charge in [0.05, 0.1) is 18.2 Å². The fraction of sp³-hybridized carbons (Fsp3) is 0.188. The van der Waals surface area contributed by atoms with Crippen molar-refractivity contribution in [2.45, 2.75) is 6.92 Å². The minimum absolute atomic E-state index is 0.436. The summed E-state index contributed by atoms with van der Waals surface area (Å²) in [6.07, 6.45) is 3.35. The summed E-state index contributed by atoms with van der Waals surface area (Å²) < 4.78 is 17.1. The number of pyridine rings is 1. The van der Waals surface area contributed by atoms with Gasteiger partial charge in [-0.1, -0.05) is 5.16 Å². The van der Waals surface area contributed by atoms with Crippen molar-refractivity contribution in [2.75, 3.05) is 13.7 Å². The van der Waals surface area contributed by atoms with Crippen LogP contribution < -0.4 is 9.47 Å². The van der Waals surface area contributed by atoms with Crippen LogP contribution >= 0.6 is 15.9 Å². The molecule has 0 saturated heterocycles. The average Bonchev–Trinajstić information content (AvgIpc) is 3.07. The fourth-order valence-electron chi connectivity index (χ4n) is 2.09. The minimum atomic E-state index is 0.436. The lowest BCUT2D eigenvalue weighted by molar-refractivity contribution is 0.309. The Bertz CT molecular complexity index is 806. The van der Waals surface area contributed by atoms with Gasteiger partial charge in [0.15, 0.2) is 11.5 Å². The number of hydrogen-bond acceptors (Lipinski definition) is 6. The molecule has 0 aliphatic carbocycles. The van der Waals surface area contributed by atoms with Crippen LogP contribution in [0.4, 0.5) is 0 Å². The van der Waals surface area contributed by atoms with Crippen molar-refractivity contribution >= 4 is 15.9 Å². The second kappa shape index (κ2) is 6.78. The number of ether oxygens (including phenoxy) is 2. The van der Waals surface area contributed by atoms with Crippen molar-refractivity contribution in [3.8, 4) is 34.3 Å². The van der Waals surface area contributed by atoms with E-state index in [1.54, 1.807) is 19.5 Å². The van der Waals surface area contributed by atoms with Crippen molar-refractivity contribution in [2.24, 2.45) is 0 Å². The number of benzene rings is 1. The van der Waals surface area contributed by atoms with Gasteiger partial charge in [-0.25, -0.2) is 0 Å². The Balaban J connectivity index is 1.99. The Morgan fingerprint density at radius 1 is 1.17 bits per heavy atom. The van der Waals surface area contributed by atoms with Crippen LogP contribution in [0.5, 0.6) is 11.5 Å². The van der Waals surface area contributed by atoms with Crippen LogP contribution in [0.15, 0.2) is 45.7 Å². The van der Waals surface area contributed by atoms with Crippen LogP contribution in [0.1, 0.15) is 6.92 Å². The molecule has 3 rings (SSSR count). The molecule has 0 aliphatic heterocycles. The summed E-state index contributed by atoms with van der Waals surface area (Å²) in [5, 5.41) is 4.03. The zero-order chi connectivity index (χ0) is 16.2. The topological polar surface area (TPSA) is 70.3 Å². The van der Waals surface area contributed by atoms with Crippen LogP contribution in [0, 0.1) is 0 Å². The number of methoxy groups -OCH3 is 1. The maximum absolute atomic E-state index is 5.58. The van der Waals surface area contributed by atoms with Crippen LogP contribution in [0.25, 0.3) is 22.8 Å². The molecule has 0 N–H and O–H groups in total. The molecule has 0 radical (unpaired) electrons. The molecule has 0 aliphatic rings. The van der Waals surface area contributed by atoms with Gasteiger partial charge in [-0.3, -0.25) is 4.98 Å². The molecular weight excluding hydrogens is 362 g/mol. The first kappa shape index (κ1) is 15.5. The van der Waals surface area contributed by atoms with E-state index in [1.807, 2.05) is 31.2 Å². The SMILES string of the molecule is CCOc1c(Br)cc(-c2noc(-c3ccncc3)n2)cc1OC. The summed E-state index contributed by atoms with van der Waals surface area (Å²) in [7, 11) is 1.59. The minimum Gasteiger partial charge on any atom is -0.493 e. The summed E-state index contributed by atoms with van der Waals surface area (Å²) in [5.74, 6) is 2.16. The molecule has 23 heavy (non-hydrogen) atoms.